The number of amides is 1. The molecule has 2 N–H and O–H groups in total. The molecule has 0 saturated carbocycles. The fourth-order valence-corrected chi connectivity index (χ4v) is 4.24. The minimum absolute atomic E-state index is 0.0205. The summed E-state index contributed by atoms with van der Waals surface area (Å²) in [6.45, 7) is 3.86. The third kappa shape index (κ3) is 6.63. The van der Waals surface area contributed by atoms with Gasteiger partial charge in [0.25, 0.3) is 21.6 Å². The van der Waals surface area contributed by atoms with E-state index in [9.17, 15) is 18.1 Å². The lowest BCUT2D eigenvalue weighted by molar-refractivity contribution is -0.428. The number of carbonyl (C=O) groups is 1. The van der Waals surface area contributed by atoms with E-state index in [1.165, 1.54) is 43.6 Å². The number of nitrogens with one attached hydrogen (secondary N) is 2. The predicted molar refractivity (Wildman–Crippen MR) is 136 cm³/mol. The standard InChI is InChI=1S/C24H22N4O4S2/c1-16-11-17(2)13-18(12-16)15-25-34(31,32)22-9-7-20(8-10-22)26-24(33)27-23(29)19-5-4-6-21(14-19)28(3)30/h4-15H,1-3H3,(H-,26,27,29,33)/p+1. The first-order valence-corrected chi connectivity index (χ1v) is 12.0. The van der Waals surface area contributed by atoms with E-state index in [0.717, 1.165) is 11.1 Å². The first-order valence-electron chi connectivity index (χ1n) is 10.2. The normalized spacial score (nSPS) is 11.3. The molecule has 0 aromatic heterocycles. The molecule has 0 aliphatic heterocycles. The van der Waals surface area contributed by atoms with E-state index < -0.39 is 15.9 Å². The zero-order chi connectivity index (χ0) is 24.9. The lowest BCUT2D eigenvalue weighted by Crippen LogP contribution is -2.34. The van der Waals surface area contributed by atoms with Crippen molar-refractivity contribution in [2.75, 3.05) is 12.4 Å². The predicted octanol–water partition coefficient (Wildman–Crippen LogP) is 4.28. The number of anilines is 1. The van der Waals surface area contributed by atoms with Crippen molar-refractivity contribution in [2.45, 2.75) is 18.7 Å². The summed E-state index contributed by atoms with van der Waals surface area (Å²) in [5, 5.41) is 5.37. The molecule has 0 saturated heterocycles. The van der Waals surface area contributed by atoms with Gasteiger partial charge in [-0.2, -0.15) is 12.8 Å². The van der Waals surface area contributed by atoms with Crippen LogP contribution in [0.4, 0.5) is 11.4 Å². The number of thiocarbonyl (C=S) groups is 1. The summed E-state index contributed by atoms with van der Waals surface area (Å²) < 4.78 is 29.5. The fraction of sp³-hybridized carbons (Fsp3) is 0.125. The van der Waals surface area contributed by atoms with E-state index >= 15 is 0 Å². The summed E-state index contributed by atoms with van der Waals surface area (Å²) >= 11 is 5.16. The van der Waals surface area contributed by atoms with Crippen LogP contribution < -0.4 is 10.6 Å². The van der Waals surface area contributed by atoms with Gasteiger partial charge in [-0.05, 0) is 62.0 Å². The summed E-state index contributed by atoms with van der Waals surface area (Å²) in [5.74, 6) is -0.485. The van der Waals surface area contributed by atoms with Crippen LogP contribution in [0.5, 0.6) is 0 Å². The lowest BCUT2D eigenvalue weighted by atomic mass is 10.1. The average Bonchev–Trinajstić information content (AvgIpc) is 2.77. The van der Waals surface area contributed by atoms with Crippen LogP contribution in [-0.4, -0.2) is 37.5 Å². The van der Waals surface area contributed by atoms with Gasteiger partial charge in [-0.15, -0.1) is 0 Å². The van der Waals surface area contributed by atoms with Crippen molar-refractivity contribution < 1.29 is 18.0 Å². The Kier molecular flexibility index (Phi) is 7.64. The van der Waals surface area contributed by atoms with E-state index in [1.54, 1.807) is 18.2 Å². The molecule has 34 heavy (non-hydrogen) atoms. The molecular weight excluding hydrogens is 472 g/mol. The number of nitrogens with zero attached hydrogens (tertiary/aromatic N) is 2. The number of benzene rings is 3. The van der Waals surface area contributed by atoms with Gasteiger partial charge in [-0.25, -0.2) is 0 Å². The van der Waals surface area contributed by atoms with Gasteiger partial charge in [0.05, 0.1) is 4.90 Å². The third-order valence-corrected chi connectivity index (χ3v) is 6.15. The molecule has 0 atom stereocenters. The molecule has 0 fully saturated rings. The molecular formula is C24H23N4O4S2+. The summed E-state index contributed by atoms with van der Waals surface area (Å²) in [6, 6.07) is 17.7. The van der Waals surface area contributed by atoms with Crippen LogP contribution >= 0.6 is 12.2 Å². The number of hydrogen-bond donors (Lipinski definition) is 2. The smallest absolute Gasteiger partial charge is 0.282 e. The molecule has 3 aromatic rings. The molecule has 3 rings (SSSR count). The zero-order valence-corrected chi connectivity index (χ0v) is 20.4. The molecule has 0 unspecified atom stereocenters. The second-order valence-corrected chi connectivity index (χ2v) is 9.65. The molecule has 0 bridgehead atoms. The molecule has 10 heteroatoms. The Hall–Kier alpha value is -3.76. The maximum atomic E-state index is 12.6. The molecule has 174 valence electrons. The Bertz CT molecular complexity index is 1380. The van der Waals surface area contributed by atoms with E-state index in [0.29, 0.717) is 21.7 Å². The van der Waals surface area contributed by atoms with Gasteiger partial charge >= 0.3 is 0 Å². The maximum Gasteiger partial charge on any atom is 0.282 e. The van der Waals surface area contributed by atoms with Crippen molar-refractivity contribution in [2.24, 2.45) is 4.40 Å². The van der Waals surface area contributed by atoms with Gasteiger partial charge in [0.15, 0.2) is 12.2 Å². The Labute approximate surface area is 203 Å². The zero-order valence-electron chi connectivity index (χ0n) is 18.8. The van der Waals surface area contributed by atoms with Crippen LogP contribution in [0.2, 0.25) is 0 Å². The molecule has 8 nitrogen and oxygen atoms in total. The Morgan fingerprint density at radius 1 is 1.00 bits per heavy atom. The monoisotopic (exact) mass is 495 g/mol. The Morgan fingerprint density at radius 2 is 1.65 bits per heavy atom. The molecule has 0 spiro atoms. The van der Waals surface area contributed by atoms with Gasteiger partial charge in [-0.3, -0.25) is 10.1 Å². The van der Waals surface area contributed by atoms with Crippen LogP contribution in [0, 0.1) is 18.8 Å². The third-order valence-electron chi connectivity index (χ3n) is 4.69. The number of sulfonamides is 1. The molecule has 0 aliphatic rings. The van der Waals surface area contributed by atoms with Crippen molar-refractivity contribution in [3.05, 3.63) is 93.9 Å². The number of aryl methyl sites for hydroxylation is 2. The summed E-state index contributed by atoms with van der Waals surface area (Å²) in [6.07, 6.45) is 1.33. The van der Waals surface area contributed by atoms with Gasteiger partial charge in [0.2, 0.25) is 0 Å². The first-order chi connectivity index (χ1) is 16.0. The van der Waals surface area contributed by atoms with Gasteiger partial charge in [0.1, 0.15) is 0 Å². The molecule has 0 aliphatic carbocycles. The largest absolute Gasteiger partial charge is 0.332 e. The van der Waals surface area contributed by atoms with Crippen molar-refractivity contribution in [1.29, 1.82) is 0 Å². The number of rotatable bonds is 6. The highest BCUT2D eigenvalue weighted by molar-refractivity contribution is 7.90. The number of hydrogen-bond acceptors (Lipinski definition) is 5. The van der Waals surface area contributed by atoms with Gasteiger partial charge < -0.3 is 5.32 Å². The summed E-state index contributed by atoms with van der Waals surface area (Å²) in [4.78, 5) is 23.8. The second kappa shape index (κ2) is 10.4. The van der Waals surface area contributed by atoms with Crippen molar-refractivity contribution >= 4 is 50.9 Å². The van der Waals surface area contributed by atoms with E-state index in [1.807, 2.05) is 32.0 Å². The molecule has 0 radical (unpaired) electrons. The minimum atomic E-state index is -3.89. The fourth-order valence-electron chi connectivity index (χ4n) is 3.17. The highest BCUT2D eigenvalue weighted by Gasteiger charge is 2.14. The van der Waals surface area contributed by atoms with Gasteiger partial charge in [-0.1, -0.05) is 35.4 Å². The van der Waals surface area contributed by atoms with E-state index in [4.69, 9.17) is 12.2 Å². The highest BCUT2D eigenvalue weighted by atomic mass is 32.2. The Morgan fingerprint density at radius 3 is 2.26 bits per heavy atom. The average molecular weight is 496 g/mol. The van der Waals surface area contributed by atoms with Crippen molar-refractivity contribution in [3.8, 4) is 0 Å². The van der Waals surface area contributed by atoms with Crippen LogP contribution in [-0.2, 0) is 10.0 Å². The lowest BCUT2D eigenvalue weighted by Gasteiger charge is -2.10. The van der Waals surface area contributed by atoms with Crippen molar-refractivity contribution in [1.82, 2.24) is 5.32 Å². The maximum absolute atomic E-state index is 12.6. The van der Waals surface area contributed by atoms with Crippen LogP contribution in [0.15, 0.2) is 76.0 Å². The molecule has 3 aromatic carbocycles. The first kappa shape index (κ1) is 24.9. The van der Waals surface area contributed by atoms with Gasteiger partial charge in [0, 0.05) is 39.3 Å². The number of nitroso groups, excluding NO2 is 1. The van der Waals surface area contributed by atoms with Crippen LogP contribution in [0.1, 0.15) is 27.0 Å². The Balaban J connectivity index is 1.65. The SMILES string of the molecule is Cc1cc(C)cc(C=NS(=O)(=O)c2ccc(NC(=S)NC(=O)c3cccc([N+](C)=O)c3)cc2)c1. The van der Waals surface area contributed by atoms with Crippen LogP contribution in [0.25, 0.3) is 0 Å². The summed E-state index contributed by atoms with van der Waals surface area (Å²) in [5.41, 5.74) is 3.82. The molecule has 0 heterocycles. The van der Waals surface area contributed by atoms with E-state index in [-0.39, 0.29) is 15.6 Å². The minimum Gasteiger partial charge on any atom is -0.332 e. The van der Waals surface area contributed by atoms with E-state index in [2.05, 4.69) is 15.0 Å². The summed E-state index contributed by atoms with van der Waals surface area (Å²) in [7, 11) is -2.55. The van der Waals surface area contributed by atoms with Crippen LogP contribution in [0.3, 0.4) is 0 Å². The number of carbonyl (C=O) groups excluding carboxylic acids is 1. The molecule has 1 amide bonds. The highest BCUT2D eigenvalue weighted by Crippen LogP contribution is 2.17. The van der Waals surface area contributed by atoms with Crippen molar-refractivity contribution in [3.63, 3.8) is 0 Å². The second-order valence-electron chi connectivity index (χ2n) is 7.61. The topological polar surface area (TPSA) is 108 Å². The quantitative estimate of drug-likeness (QED) is 0.300.